The lowest BCUT2D eigenvalue weighted by Gasteiger charge is -2.37. The number of rotatable bonds is 6. The van der Waals surface area contributed by atoms with Crippen LogP contribution in [0.1, 0.15) is 12.5 Å². The van der Waals surface area contributed by atoms with Gasteiger partial charge in [0.05, 0.1) is 6.04 Å². The predicted molar refractivity (Wildman–Crippen MR) is 121 cm³/mol. The molecule has 4 rings (SSSR count). The maximum atomic E-state index is 13.0. The fourth-order valence-electron chi connectivity index (χ4n) is 3.81. The molecule has 5 heteroatoms. The van der Waals surface area contributed by atoms with Crippen molar-refractivity contribution in [2.24, 2.45) is 0 Å². The van der Waals surface area contributed by atoms with Crippen molar-refractivity contribution >= 4 is 22.9 Å². The molecule has 1 fully saturated rings. The van der Waals surface area contributed by atoms with Crippen molar-refractivity contribution in [2.75, 3.05) is 31.5 Å². The van der Waals surface area contributed by atoms with Crippen LogP contribution in [0.2, 0.25) is 0 Å². The van der Waals surface area contributed by atoms with Gasteiger partial charge in [0.25, 0.3) is 0 Å². The van der Waals surface area contributed by atoms with Crippen LogP contribution < -0.4 is 5.32 Å². The minimum atomic E-state index is -0.151. The second kappa shape index (κ2) is 9.35. The first-order valence-electron chi connectivity index (χ1n) is 10.1. The maximum absolute atomic E-state index is 13.0. The van der Waals surface area contributed by atoms with Crippen molar-refractivity contribution in [2.45, 2.75) is 19.5 Å². The van der Waals surface area contributed by atoms with Gasteiger partial charge >= 0.3 is 0 Å². The summed E-state index contributed by atoms with van der Waals surface area (Å²) in [5.41, 5.74) is 4.41. The van der Waals surface area contributed by atoms with E-state index in [1.807, 2.05) is 43.3 Å². The highest BCUT2D eigenvalue weighted by Crippen LogP contribution is 2.27. The van der Waals surface area contributed by atoms with Gasteiger partial charge in [-0.15, -0.1) is 0 Å². The summed E-state index contributed by atoms with van der Waals surface area (Å²) in [4.78, 5) is 17.7. The smallest absolute Gasteiger partial charge is 0.241 e. The standard InChI is InChI=1S/C24H27N3OS/c1-19(27-14-12-26(13-15-27)17-20-11-16-29-18-20)24(28)25-23-10-6-5-9-22(23)21-7-3-2-4-8-21/h2-11,16,18-19H,12-15,17H2,1H3,(H,25,28)/t19-/m1/s1. The van der Waals surface area contributed by atoms with Crippen LogP contribution in [-0.2, 0) is 11.3 Å². The first kappa shape index (κ1) is 19.8. The van der Waals surface area contributed by atoms with E-state index in [1.54, 1.807) is 11.3 Å². The quantitative estimate of drug-likeness (QED) is 0.653. The van der Waals surface area contributed by atoms with E-state index in [1.165, 1.54) is 5.56 Å². The number of carbonyl (C=O) groups is 1. The summed E-state index contributed by atoms with van der Waals surface area (Å²) in [6.07, 6.45) is 0. The third-order valence-corrected chi connectivity index (χ3v) is 6.32. The monoisotopic (exact) mass is 405 g/mol. The van der Waals surface area contributed by atoms with Gasteiger partial charge in [0, 0.05) is 44.0 Å². The molecule has 0 aliphatic carbocycles. The van der Waals surface area contributed by atoms with Crippen molar-refractivity contribution in [3.63, 3.8) is 0 Å². The number of carbonyl (C=O) groups excluding carboxylic acids is 1. The molecule has 1 aromatic heterocycles. The number of nitrogens with one attached hydrogen (secondary N) is 1. The van der Waals surface area contributed by atoms with Crippen LogP contribution in [0.3, 0.4) is 0 Å². The molecule has 0 bridgehead atoms. The number of thiophene rings is 1. The molecule has 1 amide bonds. The van der Waals surface area contributed by atoms with Crippen LogP contribution in [-0.4, -0.2) is 47.9 Å². The Kier molecular flexibility index (Phi) is 6.39. The Hall–Kier alpha value is -2.47. The van der Waals surface area contributed by atoms with E-state index >= 15 is 0 Å². The number of para-hydroxylation sites is 1. The van der Waals surface area contributed by atoms with E-state index in [2.05, 4.69) is 50.1 Å². The number of piperazine rings is 1. The first-order valence-corrected chi connectivity index (χ1v) is 11.1. The summed E-state index contributed by atoms with van der Waals surface area (Å²) in [7, 11) is 0. The van der Waals surface area contributed by atoms with Crippen LogP contribution in [0.5, 0.6) is 0 Å². The molecule has 1 aliphatic heterocycles. The second-order valence-electron chi connectivity index (χ2n) is 7.52. The van der Waals surface area contributed by atoms with Crippen LogP contribution >= 0.6 is 11.3 Å². The Morgan fingerprint density at radius 1 is 1.00 bits per heavy atom. The molecular formula is C24H27N3OS. The number of hydrogen-bond acceptors (Lipinski definition) is 4. The largest absolute Gasteiger partial charge is 0.324 e. The normalized spacial score (nSPS) is 16.4. The zero-order valence-electron chi connectivity index (χ0n) is 16.8. The minimum absolute atomic E-state index is 0.0552. The molecule has 0 saturated carbocycles. The zero-order chi connectivity index (χ0) is 20.1. The molecule has 2 aromatic carbocycles. The number of amides is 1. The van der Waals surface area contributed by atoms with Crippen molar-refractivity contribution in [3.05, 3.63) is 77.0 Å². The SMILES string of the molecule is C[C@H](C(=O)Nc1ccccc1-c1ccccc1)N1CCN(Cc2ccsc2)CC1. The lowest BCUT2D eigenvalue weighted by molar-refractivity contribution is -0.121. The summed E-state index contributed by atoms with van der Waals surface area (Å²) < 4.78 is 0. The van der Waals surface area contributed by atoms with Crippen molar-refractivity contribution < 1.29 is 4.79 Å². The molecule has 0 radical (unpaired) electrons. The Morgan fingerprint density at radius 2 is 1.72 bits per heavy atom. The van der Waals surface area contributed by atoms with E-state index in [0.717, 1.165) is 49.5 Å². The van der Waals surface area contributed by atoms with Gasteiger partial charge in [-0.25, -0.2) is 0 Å². The molecule has 2 heterocycles. The number of anilines is 1. The average Bonchev–Trinajstić information content (AvgIpc) is 3.28. The molecule has 4 nitrogen and oxygen atoms in total. The van der Waals surface area contributed by atoms with E-state index in [0.29, 0.717) is 0 Å². The highest BCUT2D eigenvalue weighted by Gasteiger charge is 2.26. The van der Waals surface area contributed by atoms with Crippen LogP contribution in [0.4, 0.5) is 5.69 Å². The fourth-order valence-corrected chi connectivity index (χ4v) is 4.47. The van der Waals surface area contributed by atoms with Crippen molar-refractivity contribution in [3.8, 4) is 11.1 Å². The van der Waals surface area contributed by atoms with Gasteiger partial charge in [-0.05, 0) is 40.9 Å². The third kappa shape index (κ3) is 4.93. The highest BCUT2D eigenvalue weighted by molar-refractivity contribution is 7.07. The minimum Gasteiger partial charge on any atom is -0.324 e. The van der Waals surface area contributed by atoms with E-state index in [9.17, 15) is 4.79 Å². The van der Waals surface area contributed by atoms with E-state index in [4.69, 9.17) is 0 Å². The molecule has 0 unspecified atom stereocenters. The van der Waals surface area contributed by atoms with Gasteiger partial charge in [0.2, 0.25) is 5.91 Å². The van der Waals surface area contributed by atoms with Gasteiger partial charge in [-0.3, -0.25) is 14.6 Å². The average molecular weight is 406 g/mol. The van der Waals surface area contributed by atoms with Gasteiger partial charge in [0.1, 0.15) is 0 Å². The Bertz CT molecular complexity index is 918. The third-order valence-electron chi connectivity index (χ3n) is 5.59. The molecule has 150 valence electrons. The Balaban J connectivity index is 1.36. The van der Waals surface area contributed by atoms with Crippen molar-refractivity contribution in [1.29, 1.82) is 0 Å². The maximum Gasteiger partial charge on any atom is 0.241 e. The summed E-state index contributed by atoms with van der Waals surface area (Å²) in [5.74, 6) is 0.0552. The van der Waals surface area contributed by atoms with Gasteiger partial charge in [-0.1, -0.05) is 48.5 Å². The van der Waals surface area contributed by atoms with Gasteiger partial charge < -0.3 is 5.32 Å². The highest BCUT2D eigenvalue weighted by atomic mass is 32.1. The van der Waals surface area contributed by atoms with E-state index in [-0.39, 0.29) is 11.9 Å². The molecule has 29 heavy (non-hydrogen) atoms. The lowest BCUT2D eigenvalue weighted by Crippen LogP contribution is -2.52. The molecule has 0 spiro atoms. The van der Waals surface area contributed by atoms with Crippen LogP contribution in [0.25, 0.3) is 11.1 Å². The summed E-state index contributed by atoms with van der Waals surface area (Å²) in [5, 5.41) is 7.51. The number of nitrogens with zero attached hydrogens (tertiary/aromatic N) is 2. The Labute approximate surface area is 176 Å². The molecule has 3 aromatic rings. The Morgan fingerprint density at radius 3 is 2.45 bits per heavy atom. The number of benzene rings is 2. The molecule has 1 atom stereocenters. The van der Waals surface area contributed by atoms with Gasteiger partial charge in [-0.2, -0.15) is 11.3 Å². The zero-order valence-corrected chi connectivity index (χ0v) is 17.6. The molecule has 1 saturated heterocycles. The fraction of sp³-hybridized carbons (Fsp3) is 0.292. The topological polar surface area (TPSA) is 35.6 Å². The van der Waals surface area contributed by atoms with Crippen LogP contribution in [0, 0.1) is 0 Å². The van der Waals surface area contributed by atoms with Gasteiger partial charge in [0.15, 0.2) is 0 Å². The van der Waals surface area contributed by atoms with E-state index < -0.39 is 0 Å². The number of hydrogen-bond donors (Lipinski definition) is 1. The van der Waals surface area contributed by atoms with Crippen LogP contribution in [0.15, 0.2) is 71.4 Å². The summed E-state index contributed by atoms with van der Waals surface area (Å²) in [6.45, 7) is 6.83. The molecule has 1 N–H and O–H groups in total. The van der Waals surface area contributed by atoms with Crippen molar-refractivity contribution in [1.82, 2.24) is 9.80 Å². The first-order chi connectivity index (χ1) is 14.2. The predicted octanol–water partition coefficient (Wildman–Crippen LogP) is 4.56. The molecular weight excluding hydrogens is 378 g/mol. The second-order valence-corrected chi connectivity index (χ2v) is 8.30. The molecule has 1 aliphatic rings. The summed E-state index contributed by atoms with van der Waals surface area (Å²) in [6, 6.07) is 20.2. The summed E-state index contributed by atoms with van der Waals surface area (Å²) >= 11 is 1.75. The lowest BCUT2D eigenvalue weighted by atomic mass is 10.0.